The van der Waals surface area contributed by atoms with Crippen LogP contribution >= 0.6 is 0 Å². The fourth-order valence-electron chi connectivity index (χ4n) is 5.94. The minimum Gasteiger partial charge on any atom is -0.325 e. The van der Waals surface area contributed by atoms with Gasteiger partial charge in [0.05, 0.1) is 0 Å². The maximum absolute atomic E-state index is 7.43. The van der Waals surface area contributed by atoms with Crippen molar-refractivity contribution < 1.29 is 0 Å². The van der Waals surface area contributed by atoms with Gasteiger partial charge in [-0.25, -0.2) is 0 Å². The van der Waals surface area contributed by atoms with E-state index in [0.29, 0.717) is 0 Å². The van der Waals surface area contributed by atoms with Crippen molar-refractivity contribution in [1.29, 1.82) is 0 Å². The molecule has 1 nitrogen and oxygen atoms in total. The molecule has 0 aromatic rings. The Morgan fingerprint density at radius 2 is 0.962 bits per heavy atom. The summed E-state index contributed by atoms with van der Waals surface area (Å²) >= 11 is 0. The third kappa shape index (κ3) is 7.53. The molecule has 2 N–H and O–H groups in total. The average Bonchev–Trinajstić information content (AvgIpc) is 2.57. The topological polar surface area (TPSA) is 26.0 Å². The lowest BCUT2D eigenvalue weighted by molar-refractivity contribution is 0.108. The fraction of sp³-hybridized carbons (Fsp3) is 1.00. The third-order valence-corrected chi connectivity index (χ3v) is 7.69. The molecule has 154 valence electrons. The van der Waals surface area contributed by atoms with E-state index in [9.17, 15) is 0 Å². The monoisotopic (exact) mass is 363 g/mol. The molecule has 0 aromatic carbocycles. The second kappa shape index (κ2) is 13.2. The van der Waals surface area contributed by atoms with Gasteiger partial charge in [-0.2, -0.15) is 0 Å². The Balaban J connectivity index is 1.97. The molecule has 0 radical (unpaired) electrons. The van der Waals surface area contributed by atoms with E-state index in [0.717, 1.165) is 11.8 Å². The molecule has 0 aromatic heterocycles. The van der Waals surface area contributed by atoms with E-state index >= 15 is 0 Å². The lowest BCUT2D eigenvalue weighted by Crippen LogP contribution is -2.53. The van der Waals surface area contributed by atoms with E-state index in [1.807, 2.05) is 0 Å². The van der Waals surface area contributed by atoms with Gasteiger partial charge in [0.25, 0.3) is 0 Å². The van der Waals surface area contributed by atoms with E-state index in [4.69, 9.17) is 5.73 Å². The van der Waals surface area contributed by atoms with Crippen LogP contribution in [0.15, 0.2) is 0 Å². The molecular weight excluding hydrogens is 314 g/mol. The first-order chi connectivity index (χ1) is 12.8. The number of unbranched alkanes of at least 4 members (excludes halogenated alkanes) is 5. The highest BCUT2D eigenvalue weighted by Gasteiger charge is 2.40. The van der Waals surface area contributed by atoms with Crippen molar-refractivity contribution in [2.45, 2.75) is 147 Å². The SMILES string of the molecule is CCCCCCCCC(N)(C1CCCCCCC1)C1CCCCCCC1. The highest BCUT2D eigenvalue weighted by Crippen LogP contribution is 2.42. The quantitative estimate of drug-likeness (QED) is 0.411. The summed E-state index contributed by atoms with van der Waals surface area (Å²) in [6, 6.07) is 0. The molecule has 0 aliphatic heterocycles. The lowest BCUT2D eigenvalue weighted by atomic mass is 9.64. The second-order valence-corrected chi connectivity index (χ2v) is 9.71. The Morgan fingerprint density at radius 3 is 1.42 bits per heavy atom. The molecular formula is C25H49N. The Kier molecular flexibility index (Phi) is 11.3. The fourth-order valence-corrected chi connectivity index (χ4v) is 5.94. The summed E-state index contributed by atoms with van der Waals surface area (Å²) in [7, 11) is 0. The van der Waals surface area contributed by atoms with Crippen LogP contribution in [0.4, 0.5) is 0 Å². The minimum atomic E-state index is 0.152. The summed E-state index contributed by atoms with van der Waals surface area (Å²) in [5.41, 5.74) is 7.58. The first kappa shape index (κ1) is 22.3. The summed E-state index contributed by atoms with van der Waals surface area (Å²) in [5, 5.41) is 0. The van der Waals surface area contributed by atoms with Gasteiger partial charge in [0, 0.05) is 5.54 Å². The van der Waals surface area contributed by atoms with Crippen LogP contribution in [0.25, 0.3) is 0 Å². The molecule has 2 aliphatic carbocycles. The molecule has 2 fully saturated rings. The van der Waals surface area contributed by atoms with Gasteiger partial charge in [-0.15, -0.1) is 0 Å². The maximum Gasteiger partial charge on any atom is 0.0211 e. The third-order valence-electron chi connectivity index (χ3n) is 7.69. The van der Waals surface area contributed by atoms with Crippen LogP contribution in [0.5, 0.6) is 0 Å². The largest absolute Gasteiger partial charge is 0.325 e. The van der Waals surface area contributed by atoms with Gasteiger partial charge in [0.2, 0.25) is 0 Å². The summed E-state index contributed by atoms with van der Waals surface area (Å²) in [5.74, 6) is 1.62. The Labute approximate surface area is 165 Å². The van der Waals surface area contributed by atoms with Crippen LogP contribution in [0.2, 0.25) is 0 Å². The number of hydrogen-bond acceptors (Lipinski definition) is 1. The van der Waals surface area contributed by atoms with Crippen LogP contribution < -0.4 is 5.73 Å². The summed E-state index contributed by atoms with van der Waals surface area (Å²) < 4.78 is 0. The van der Waals surface area contributed by atoms with Crippen molar-refractivity contribution in [2.24, 2.45) is 17.6 Å². The number of hydrogen-bond donors (Lipinski definition) is 1. The molecule has 2 aliphatic rings. The van der Waals surface area contributed by atoms with Gasteiger partial charge in [0.15, 0.2) is 0 Å². The molecule has 0 atom stereocenters. The van der Waals surface area contributed by atoms with E-state index in [1.165, 1.54) is 135 Å². The normalized spacial score (nSPS) is 22.4. The zero-order chi connectivity index (χ0) is 18.5. The molecule has 0 amide bonds. The van der Waals surface area contributed by atoms with Gasteiger partial charge in [-0.05, 0) is 43.9 Å². The van der Waals surface area contributed by atoms with Crippen LogP contribution in [-0.2, 0) is 0 Å². The second-order valence-electron chi connectivity index (χ2n) is 9.71. The van der Waals surface area contributed by atoms with Crippen molar-refractivity contribution in [3.05, 3.63) is 0 Å². The average molecular weight is 364 g/mol. The van der Waals surface area contributed by atoms with Gasteiger partial charge in [-0.1, -0.05) is 110 Å². The molecule has 2 saturated carbocycles. The van der Waals surface area contributed by atoms with Crippen LogP contribution in [0, 0.1) is 11.8 Å². The van der Waals surface area contributed by atoms with E-state index in [2.05, 4.69) is 6.92 Å². The molecule has 1 heteroatoms. The highest BCUT2D eigenvalue weighted by molar-refractivity contribution is 4.97. The Bertz CT molecular complexity index is 299. The van der Waals surface area contributed by atoms with Gasteiger partial charge in [0.1, 0.15) is 0 Å². The summed E-state index contributed by atoms with van der Waals surface area (Å²) in [4.78, 5) is 0. The zero-order valence-corrected chi connectivity index (χ0v) is 18.1. The Morgan fingerprint density at radius 1 is 0.577 bits per heavy atom. The van der Waals surface area contributed by atoms with Gasteiger partial charge < -0.3 is 5.73 Å². The highest BCUT2D eigenvalue weighted by atomic mass is 14.8. The van der Waals surface area contributed by atoms with E-state index in [-0.39, 0.29) is 5.54 Å². The predicted molar refractivity (Wildman–Crippen MR) is 117 cm³/mol. The molecule has 0 unspecified atom stereocenters. The van der Waals surface area contributed by atoms with Crippen molar-refractivity contribution in [3.63, 3.8) is 0 Å². The lowest BCUT2D eigenvalue weighted by Gasteiger charge is -2.46. The van der Waals surface area contributed by atoms with Gasteiger partial charge in [-0.3, -0.25) is 0 Å². The molecule has 0 saturated heterocycles. The standard InChI is InChI=1S/C25H49N/c1-2-3-4-5-12-17-22-25(26,23-18-13-8-6-9-14-19-23)24-20-15-10-7-11-16-21-24/h23-24H,2-22,26H2,1H3. The number of nitrogens with two attached hydrogens (primary N) is 1. The van der Waals surface area contributed by atoms with Crippen LogP contribution in [0.1, 0.15) is 142 Å². The summed E-state index contributed by atoms with van der Waals surface area (Å²) in [6.45, 7) is 2.31. The number of rotatable bonds is 9. The van der Waals surface area contributed by atoms with Gasteiger partial charge >= 0.3 is 0 Å². The molecule has 0 heterocycles. The van der Waals surface area contributed by atoms with Crippen molar-refractivity contribution in [3.8, 4) is 0 Å². The van der Waals surface area contributed by atoms with Crippen molar-refractivity contribution >= 4 is 0 Å². The maximum atomic E-state index is 7.43. The summed E-state index contributed by atoms with van der Waals surface area (Å²) in [6.07, 6.45) is 29.9. The first-order valence-electron chi connectivity index (χ1n) is 12.6. The first-order valence-corrected chi connectivity index (χ1v) is 12.6. The zero-order valence-electron chi connectivity index (χ0n) is 18.1. The smallest absolute Gasteiger partial charge is 0.0211 e. The predicted octanol–water partition coefficient (Wildman–Crippen LogP) is 8.16. The molecule has 26 heavy (non-hydrogen) atoms. The van der Waals surface area contributed by atoms with E-state index < -0.39 is 0 Å². The molecule has 0 bridgehead atoms. The molecule has 2 rings (SSSR count). The van der Waals surface area contributed by atoms with Crippen LogP contribution in [-0.4, -0.2) is 5.54 Å². The minimum absolute atomic E-state index is 0.152. The van der Waals surface area contributed by atoms with E-state index in [1.54, 1.807) is 0 Å². The Hall–Kier alpha value is -0.0400. The van der Waals surface area contributed by atoms with Crippen LogP contribution in [0.3, 0.4) is 0 Å². The van der Waals surface area contributed by atoms with Crippen molar-refractivity contribution in [2.75, 3.05) is 0 Å². The van der Waals surface area contributed by atoms with Crippen molar-refractivity contribution in [1.82, 2.24) is 0 Å². The molecule has 0 spiro atoms.